The molecule has 12 atom stereocenters. The molecule has 1 aliphatic heterocycles. The van der Waals surface area contributed by atoms with Crippen molar-refractivity contribution in [1.82, 2.24) is 0 Å². The highest BCUT2D eigenvalue weighted by Gasteiger charge is 2.72. The molecule has 4 fully saturated rings. The molecule has 250 valence electrons. The number of aliphatic carboxylic acids is 1. The van der Waals surface area contributed by atoms with Crippen molar-refractivity contribution in [2.24, 2.45) is 68.3 Å². The topological polar surface area (TPSA) is 108 Å². The number of carbonyl (C=O) groups excluding carboxylic acids is 1. The van der Waals surface area contributed by atoms with Crippen LogP contribution in [0.1, 0.15) is 108 Å². The molecule has 0 amide bonds. The Balaban J connectivity index is 1.57. The van der Waals surface area contributed by atoms with Gasteiger partial charge in [-0.25, -0.2) is 0 Å². The molecule has 0 aromatic rings. The van der Waals surface area contributed by atoms with Crippen LogP contribution in [0.4, 0.5) is 0 Å². The second kappa shape index (κ2) is 11.4. The molecule has 0 spiro atoms. The zero-order chi connectivity index (χ0) is 32.6. The summed E-state index contributed by atoms with van der Waals surface area (Å²) in [7, 11) is 0. The molecular formula is C37H61NO6. The van der Waals surface area contributed by atoms with Gasteiger partial charge in [-0.1, -0.05) is 74.0 Å². The summed E-state index contributed by atoms with van der Waals surface area (Å²) in [5.74, 6) is 0.267. The molecule has 3 saturated carbocycles. The smallest absolute Gasteiger partial charge is 0.307 e. The Hall–Kier alpha value is -1.44. The summed E-state index contributed by atoms with van der Waals surface area (Å²) in [6.45, 7) is 23.3. The largest absolute Gasteiger partial charge is 0.481 e. The number of carboxylic acid groups (broad SMARTS) is 1. The van der Waals surface area contributed by atoms with Gasteiger partial charge in [-0.05, 0) is 84.4 Å². The Labute approximate surface area is 266 Å². The lowest BCUT2D eigenvalue weighted by Gasteiger charge is -2.71. The number of esters is 1. The van der Waals surface area contributed by atoms with E-state index in [0.29, 0.717) is 44.0 Å². The molecule has 2 unspecified atom stereocenters. The van der Waals surface area contributed by atoms with Gasteiger partial charge in [0.15, 0.2) is 0 Å². The van der Waals surface area contributed by atoms with E-state index in [1.54, 1.807) is 0 Å². The fraction of sp³-hybridized carbons (Fsp3) is 0.892. The van der Waals surface area contributed by atoms with Gasteiger partial charge in [-0.3, -0.25) is 9.59 Å². The maximum atomic E-state index is 13.3. The number of fused-ring (bicyclic) bond motifs is 3. The highest BCUT2D eigenvalue weighted by Crippen LogP contribution is 2.75. The predicted molar refractivity (Wildman–Crippen MR) is 172 cm³/mol. The predicted octanol–water partition coefficient (Wildman–Crippen LogP) is 6.88. The van der Waals surface area contributed by atoms with Crippen LogP contribution in [-0.4, -0.2) is 55.1 Å². The van der Waals surface area contributed by atoms with E-state index in [-0.39, 0.29) is 63.1 Å². The molecule has 1 heterocycles. The average Bonchev–Trinajstić information content (AvgIpc) is 2.92. The quantitative estimate of drug-likeness (QED) is 0.226. The maximum absolute atomic E-state index is 13.3. The molecule has 4 aliphatic carbocycles. The number of rotatable bonds is 8. The third kappa shape index (κ3) is 4.75. The molecular weight excluding hydrogens is 554 g/mol. The molecule has 7 heteroatoms. The lowest BCUT2D eigenvalue weighted by Crippen LogP contribution is -2.70. The third-order valence-corrected chi connectivity index (χ3v) is 14.7. The van der Waals surface area contributed by atoms with Gasteiger partial charge >= 0.3 is 11.9 Å². The van der Waals surface area contributed by atoms with E-state index in [1.165, 1.54) is 12.5 Å². The minimum atomic E-state index is -0.641. The Morgan fingerprint density at radius 2 is 1.70 bits per heavy atom. The minimum Gasteiger partial charge on any atom is -0.481 e. The third-order valence-electron chi connectivity index (χ3n) is 14.7. The van der Waals surface area contributed by atoms with Crippen LogP contribution in [0, 0.1) is 62.6 Å². The summed E-state index contributed by atoms with van der Waals surface area (Å²) in [4.78, 5) is 25.8. The molecule has 5 aliphatic rings. The van der Waals surface area contributed by atoms with E-state index in [0.717, 1.165) is 32.1 Å². The van der Waals surface area contributed by atoms with Gasteiger partial charge in [0.25, 0.3) is 0 Å². The first-order chi connectivity index (χ1) is 20.4. The standard InChI is InChI=1S/C37H61NO6/c1-21(2)23(5)33(7)15-16-35(9)25-11-12-29-34(8)19-42-20-37(29,26(25)13-14-36(35,10)30(33)32(40)41)17-28(44-24(6)39)31(34)43-18-27(38)22(3)4/h13,21-23,25,27-31H,11-12,14-20,38H2,1-10H3,(H,40,41)/t23-,25+,27?,28-,29+,30-,31+,33-,34?,35-,36+,37+/m1/s1. The van der Waals surface area contributed by atoms with Crippen LogP contribution in [0.25, 0.3) is 0 Å². The first-order valence-electron chi connectivity index (χ1n) is 17.4. The molecule has 0 aromatic heterocycles. The number of nitrogens with two attached hydrogens (primary N) is 1. The first kappa shape index (κ1) is 33.9. The van der Waals surface area contributed by atoms with E-state index < -0.39 is 11.9 Å². The molecule has 0 radical (unpaired) electrons. The first-order valence-corrected chi connectivity index (χ1v) is 17.4. The van der Waals surface area contributed by atoms with E-state index in [4.69, 9.17) is 19.9 Å². The molecule has 0 aromatic carbocycles. The van der Waals surface area contributed by atoms with Crippen LogP contribution >= 0.6 is 0 Å². The molecule has 7 nitrogen and oxygen atoms in total. The number of carboxylic acids is 1. The average molecular weight is 616 g/mol. The highest BCUT2D eigenvalue weighted by atomic mass is 16.6. The summed E-state index contributed by atoms with van der Waals surface area (Å²) in [6, 6.07) is -0.0974. The summed E-state index contributed by atoms with van der Waals surface area (Å²) < 4.78 is 19.3. The fourth-order valence-corrected chi connectivity index (χ4v) is 11.6. The van der Waals surface area contributed by atoms with Gasteiger partial charge in [0.2, 0.25) is 0 Å². The van der Waals surface area contributed by atoms with Crippen LogP contribution < -0.4 is 5.73 Å². The Morgan fingerprint density at radius 3 is 2.30 bits per heavy atom. The van der Waals surface area contributed by atoms with Crippen molar-refractivity contribution in [1.29, 1.82) is 0 Å². The van der Waals surface area contributed by atoms with Crippen LogP contribution in [-0.2, 0) is 23.8 Å². The van der Waals surface area contributed by atoms with Gasteiger partial charge in [-0.2, -0.15) is 0 Å². The normalized spacial score (nSPS) is 46.3. The lowest BCUT2D eigenvalue weighted by molar-refractivity contribution is -0.267. The van der Waals surface area contributed by atoms with Crippen molar-refractivity contribution in [2.45, 2.75) is 126 Å². The molecule has 5 rings (SSSR count). The van der Waals surface area contributed by atoms with Crippen LogP contribution in [0.2, 0.25) is 0 Å². The highest BCUT2D eigenvalue weighted by molar-refractivity contribution is 5.73. The SMILES string of the molecule is CC(=O)O[C@@H]1C[C@@]23COCC(C)([C@H]1OCC(N)C(C)C)[C@@H]2CC[C@H]1C3=CC[C@@]2(C)[C@H](C(=O)O)[C@@](C)([C@H](C)C(C)C)CC[C@]12C. The van der Waals surface area contributed by atoms with Crippen LogP contribution in [0.5, 0.6) is 0 Å². The lowest BCUT2D eigenvalue weighted by atomic mass is 9.34. The number of carbonyl (C=O) groups is 2. The van der Waals surface area contributed by atoms with Crippen molar-refractivity contribution in [3.05, 3.63) is 11.6 Å². The summed E-state index contributed by atoms with van der Waals surface area (Å²) in [5, 5.41) is 10.9. The van der Waals surface area contributed by atoms with Crippen molar-refractivity contribution in [2.75, 3.05) is 19.8 Å². The summed E-state index contributed by atoms with van der Waals surface area (Å²) in [6.07, 6.45) is 7.21. The number of allylic oxidation sites excluding steroid dienone is 1. The summed E-state index contributed by atoms with van der Waals surface area (Å²) in [5.41, 5.74) is 6.49. The van der Waals surface area contributed by atoms with Gasteiger partial charge in [-0.15, -0.1) is 0 Å². The summed E-state index contributed by atoms with van der Waals surface area (Å²) >= 11 is 0. The molecule has 1 saturated heterocycles. The Bertz CT molecular complexity index is 1170. The second-order valence-electron chi connectivity index (χ2n) is 17.4. The van der Waals surface area contributed by atoms with Crippen molar-refractivity contribution >= 4 is 11.9 Å². The van der Waals surface area contributed by atoms with E-state index in [1.807, 2.05) is 0 Å². The van der Waals surface area contributed by atoms with Crippen LogP contribution in [0.3, 0.4) is 0 Å². The van der Waals surface area contributed by atoms with E-state index in [9.17, 15) is 14.7 Å². The monoisotopic (exact) mass is 615 g/mol. The number of hydrogen-bond acceptors (Lipinski definition) is 6. The Kier molecular flexibility index (Phi) is 8.76. The van der Waals surface area contributed by atoms with Crippen molar-refractivity contribution in [3.8, 4) is 0 Å². The van der Waals surface area contributed by atoms with E-state index >= 15 is 0 Å². The van der Waals surface area contributed by atoms with Gasteiger partial charge in [0.1, 0.15) is 12.2 Å². The number of hydrogen-bond donors (Lipinski definition) is 2. The zero-order valence-corrected chi connectivity index (χ0v) is 29.2. The van der Waals surface area contributed by atoms with Gasteiger partial charge in [0, 0.05) is 23.8 Å². The Morgan fingerprint density at radius 1 is 1.02 bits per heavy atom. The van der Waals surface area contributed by atoms with E-state index in [2.05, 4.69) is 68.4 Å². The zero-order valence-electron chi connectivity index (χ0n) is 29.2. The second-order valence-corrected chi connectivity index (χ2v) is 17.4. The minimum absolute atomic E-state index is 0.0974. The molecule has 44 heavy (non-hydrogen) atoms. The fourth-order valence-electron chi connectivity index (χ4n) is 11.6. The number of ether oxygens (including phenoxy) is 3. The van der Waals surface area contributed by atoms with Gasteiger partial charge < -0.3 is 25.1 Å². The van der Waals surface area contributed by atoms with Gasteiger partial charge in [0.05, 0.1) is 25.7 Å². The van der Waals surface area contributed by atoms with Crippen LogP contribution in [0.15, 0.2) is 11.6 Å². The maximum Gasteiger partial charge on any atom is 0.307 e. The molecule has 3 N–H and O–H groups in total. The van der Waals surface area contributed by atoms with Crippen molar-refractivity contribution in [3.63, 3.8) is 0 Å². The van der Waals surface area contributed by atoms with Crippen molar-refractivity contribution < 1.29 is 28.9 Å². The molecule has 2 bridgehead atoms.